The number of aliphatic hydroxyl groups is 3. The molecule has 11 N–H and O–H groups in total. The number of nitrogens with one attached hydrogen (secondary N) is 2. The number of nitro groups is 1. The van der Waals surface area contributed by atoms with E-state index in [2.05, 4.69) is 10.6 Å². The van der Waals surface area contributed by atoms with Crippen LogP contribution in [0.5, 0.6) is 0 Å². The average Bonchev–Trinajstić information content (AvgIpc) is 2.97. The Hall–Kier alpha value is -2.97. The molecule has 17 heteroatoms. The van der Waals surface area contributed by atoms with Gasteiger partial charge in [-0.2, -0.15) is 0 Å². The van der Waals surface area contributed by atoms with Crippen LogP contribution in [0.25, 0.3) is 0 Å². The van der Waals surface area contributed by atoms with Crippen LogP contribution in [0.4, 0.5) is 10.5 Å². The lowest BCUT2D eigenvalue weighted by Gasteiger charge is -2.48. The third-order valence-electron chi connectivity index (χ3n) is 7.94. The second-order valence-electron chi connectivity index (χ2n) is 11.5. The summed E-state index contributed by atoms with van der Waals surface area (Å²) in [5, 5.41) is 48.7. The van der Waals surface area contributed by atoms with Crippen LogP contribution in [0.15, 0.2) is 36.1 Å². The van der Waals surface area contributed by atoms with E-state index >= 15 is 0 Å². The topological polar surface area (TPSA) is 269 Å². The quantitative estimate of drug-likeness (QED) is 0.103. The van der Waals surface area contributed by atoms with Gasteiger partial charge in [-0.15, -0.1) is 0 Å². The molecular weight excluding hydrogens is 584 g/mol. The number of carbonyl (C=O) groups excluding carboxylic acids is 1. The molecule has 17 nitrogen and oxygen atoms in total. The third kappa shape index (κ3) is 7.99. The molecular formula is C27H42N6O11. The van der Waals surface area contributed by atoms with Crippen molar-refractivity contribution >= 4 is 11.8 Å². The van der Waals surface area contributed by atoms with Crippen LogP contribution in [0, 0.1) is 10.1 Å². The van der Waals surface area contributed by atoms with Crippen LogP contribution in [0.3, 0.4) is 0 Å². The number of carbonyl (C=O) groups is 1. The van der Waals surface area contributed by atoms with Crippen molar-refractivity contribution in [3.8, 4) is 0 Å². The fourth-order valence-corrected chi connectivity index (χ4v) is 5.49. The summed E-state index contributed by atoms with van der Waals surface area (Å²) in [5.41, 5.74) is 17.9. The number of hydrogen-bond donors (Lipinski definition) is 8. The molecule has 1 saturated heterocycles. The number of nitrogens with zero attached hydrogens (tertiary/aromatic N) is 1. The van der Waals surface area contributed by atoms with Crippen LogP contribution >= 0.6 is 0 Å². The number of nitro benzene ring substituents is 1. The molecule has 1 aromatic rings. The van der Waals surface area contributed by atoms with E-state index < -0.39 is 77.8 Å². The molecule has 1 aliphatic carbocycles. The molecule has 0 radical (unpaired) electrons. The predicted octanol–water partition coefficient (Wildman–Crippen LogP) is -1.98. The van der Waals surface area contributed by atoms with E-state index in [9.17, 15) is 30.2 Å². The van der Waals surface area contributed by atoms with Crippen molar-refractivity contribution in [2.24, 2.45) is 17.2 Å². The summed E-state index contributed by atoms with van der Waals surface area (Å²) < 4.78 is 28.6. The number of benzene rings is 1. The maximum absolute atomic E-state index is 12.2. The molecule has 2 fully saturated rings. The molecule has 0 unspecified atom stereocenters. The number of nitrogens with two attached hydrogens (primary N) is 3. The number of likely N-dealkylation sites (N-methyl/N-ethyl adjacent to an activating group) is 1. The number of alkyl carbamates (subject to hydrolysis) is 1. The highest BCUT2D eigenvalue weighted by atomic mass is 16.7. The second-order valence-corrected chi connectivity index (χ2v) is 11.5. The largest absolute Gasteiger partial charge is 0.466 e. The van der Waals surface area contributed by atoms with Gasteiger partial charge >= 0.3 is 6.09 Å². The molecule has 11 atom stereocenters. The van der Waals surface area contributed by atoms with Gasteiger partial charge < -0.3 is 66.8 Å². The monoisotopic (exact) mass is 626 g/mol. The van der Waals surface area contributed by atoms with Gasteiger partial charge in [-0.25, -0.2) is 4.79 Å². The van der Waals surface area contributed by atoms with Crippen molar-refractivity contribution < 1.29 is 48.7 Å². The fraction of sp³-hybridized carbons (Fsp3) is 0.667. The standard InChI is InChI=1S/C27H42N6O11/c1-27(37)12-41-25(20(35)23(27)31-2)44-22-18(30)9-17(29)21(19(22)34)43-24-16(28)8-7-15(42-24)10-32-26(36)40-11-13-3-5-14(6-4-13)33(38)39/h3-7,16-25,31,34-35,37H,8-12,28-30H2,1-2H3,(H,32,36)/t16-,17+,18-,19+,20-,21-,22+,23-,24-,25-,27+/m1/s1. The minimum absolute atomic E-state index is 0.0468. The van der Waals surface area contributed by atoms with Crippen molar-refractivity contribution in [1.29, 1.82) is 0 Å². The van der Waals surface area contributed by atoms with Gasteiger partial charge in [0, 0.05) is 24.2 Å². The molecule has 2 aliphatic heterocycles. The Labute approximate surface area is 253 Å². The first-order chi connectivity index (χ1) is 20.8. The van der Waals surface area contributed by atoms with Gasteiger partial charge in [0.05, 0.1) is 30.2 Å². The Morgan fingerprint density at radius 3 is 2.34 bits per heavy atom. The molecule has 44 heavy (non-hydrogen) atoms. The zero-order valence-corrected chi connectivity index (χ0v) is 24.5. The first-order valence-electron chi connectivity index (χ1n) is 14.3. The summed E-state index contributed by atoms with van der Waals surface area (Å²) in [6, 6.07) is 2.80. The van der Waals surface area contributed by atoms with Gasteiger partial charge in [-0.3, -0.25) is 10.1 Å². The number of aliphatic hydroxyl groups excluding tert-OH is 2. The molecule has 4 rings (SSSR count). The van der Waals surface area contributed by atoms with Crippen molar-refractivity contribution in [3.63, 3.8) is 0 Å². The van der Waals surface area contributed by atoms with E-state index in [1.54, 1.807) is 13.1 Å². The SMILES string of the molecule is CN[C@@H]1[C@@H](O)[C@@H](O[C@@H]2[C@@H](O)[C@H](O[C@H]3OC(CNC(=O)OCc4ccc([N+](=O)[O-])cc4)=CC[C@H]3N)[C@@H](N)C[C@H]2N)OC[C@]1(C)O. The Balaban J connectivity index is 1.30. The van der Waals surface area contributed by atoms with E-state index in [-0.39, 0.29) is 31.9 Å². The minimum atomic E-state index is -1.35. The lowest BCUT2D eigenvalue weighted by Crippen LogP contribution is -2.68. The normalized spacial score (nSPS) is 37.4. The van der Waals surface area contributed by atoms with Crippen molar-refractivity contribution in [2.75, 3.05) is 20.2 Å². The van der Waals surface area contributed by atoms with Gasteiger partial charge in [-0.1, -0.05) is 0 Å². The van der Waals surface area contributed by atoms with E-state index in [0.717, 1.165) is 0 Å². The highest BCUT2D eigenvalue weighted by molar-refractivity contribution is 5.67. The lowest BCUT2D eigenvalue weighted by atomic mass is 9.84. The minimum Gasteiger partial charge on any atom is -0.466 e. The molecule has 1 aromatic carbocycles. The lowest BCUT2D eigenvalue weighted by molar-refractivity contribution is -0.384. The predicted molar refractivity (Wildman–Crippen MR) is 152 cm³/mol. The fourth-order valence-electron chi connectivity index (χ4n) is 5.49. The van der Waals surface area contributed by atoms with Gasteiger partial charge in [-0.05, 0) is 50.6 Å². The van der Waals surface area contributed by atoms with Crippen molar-refractivity contribution in [1.82, 2.24) is 10.6 Å². The van der Waals surface area contributed by atoms with Gasteiger partial charge in [0.2, 0.25) is 6.29 Å². The Morgan fingerprint density at radius 1 is 1.09 bits per heavy atom. The van der Waals surface area contributed by atoms with E-state index in [4.69, 9.17) is 40.9 Å². The van der Waals surface area contributed by atoms with Crippen LogP contribution < -0.4 is 27.8 Å². The maximum atomic E-state index is 12.2. The van der Waals surface area contributed by atoms with Crippen molar-refractivity contribution in [2.45, 2.75) is 93.1 Å². The highest BCUT2D eigenvalue weighted by Crippen LogP contribution is 2.31. The molecule has 0 spiro atoms. The van der Waals surface area contributed by atoms with Gasteiger partial charge in [0.15, 0.2) is 6.29 Å². The van der Waals surface area contributed by atoms with E-state index in [1.165, 1.54) is 31.2 Å². The molecule has 246 valence electrons. The summed E-state index contributed by atoms with van der Waals surface area (Å²) in [4.78, 5) is 22.5. The highest BCUT2D eigenvalue weighted by Gasteiger charge is 2.50. The second kappa shape index (κ2) is 14.4. The summed E-state index contributed by atoms with van der Waals surface area (Å²) in [5.74, 6) is 0.344. The number of non-ortho nitro benzene ring substituents is 1. The first kappa shape index (κ1) is 33.9. The zero-order valence-electron chi connectivity index (χ0n) is 24.5. The summed E-state index contributed by atoms with van der Waals surface area (Å²) in [6.07, 6.45) is -5.41. The van der Waals surface area contributed by atoms with Gasteiger partial charge in [0.25, 0.3) is 5.69 Å². The Morgan fingerprint density at radius 2 is 1.73 bits per heavy atom. The zero-order chi connectivity index (χ0) is 32.2. The number of hydrogen-bond acceptors (Lipinski definition) is 15. The van der Waals surface area contributed by atoms with Gasteiger partial charge in [0.1, 0.15) is 42.4 Å². The summed E-state index contributed by atoms with van der Waals surface area (Å²) in [7, 11) is 1.59. The molecule has 1 saturated carbocycles. The maximum Gasteiger partial charge on any atom is 0.407 e. The molecule has 0 aromatic heterocycles. The van der Waals surface area contributed by atoms with E-state index in [0.29, 0.717) is 17.7 Å². The van der Waals surface area contributed by atoms with Crippen LogP contribution in [-0.4, -0.2) is 113 Å². The third-order valence-corrected chi connectivity index (χ3v) is 7.94. The molecule has 0 bridgehead atoms. The van der Waals surface area contributed by atoms with Crippen LogP contribution in [-0.2, 0) is 30.3 Å². The van der Waals surface area contributed by atoms with E-state index in [1.807, 2.05) is 0 Å². The first-order valence-corrected chi connectivity index (χ1v) is 14.3. The summed E-state index contributed by atoms with van der Waals surface area (Å²) >= 11 is 0. The Bertz CT molecular complexity index is 1170. The molecule has 2 heterocycles. The molecule has 3 aliphatic rings. The smallest absolute Gasteiger partial charge is 0.407 e. The van der Waals surface area contributed by atoms with Crippen LogP contribution in [0.1, 0.15) is 25.3 Å². The molecule has 1 amide bonds. The Kier molecular flexibility index (Phi) is 11.1. The number of rotatable bonds is 10. The average molecular weight is 627 g/mol. The number of ether oxygens (including phenoxy) is 5. The van der Waals surface area contributed by atoms with Crippen LogP contribution in [0.2, 0.25) is 0 Å². The number of amides is 1. The van der Waals surface area contributed by atoms with Crippen molar-refractivity contribution in [3.05, 3.63) is 51.8 Å². The summed E-state index contributed by atoms with van der Waals surface area (Å²) in [6.45, 7) is 1.25.